The van der Waals surface area contributed by atoms with Crippen molar-refractivity contribution in [3.8, 4) is 0 Å². The second kappa shape index (κ2) is 7.21. The van der Waals surface area contributed by atoms with Crippen LogP contribution >= 0.6 is 0 Å². The molecule has 1 aliphatic carbocycles. The van der Waals surface area contributed by atoms with Gasteiger partial charge in [-0.15, -0.1) is 0 Å². The number of hydrogen-bond donors (Lipinski definition) is 3. The van der Waals surface area contributed by atoms with Crippen molar-refractivity contribution < 1.29 is 14.7 Å². The van der Waals surface area contributed by atoms with E-state index in [9.17, 15) is 14.7 Å². The van der Waals surface area contributed by atoms with Gasteiger partial charge in [0.05, 0.1) is 17.7 Å². The van der Waals surface area contributed by atoms with E-state index in [0.29, 0.717) is 26.1 Å². The van der Waals surface area contributed by atoms with Gasteiger partial charge in [0.1, 0.15) is 0 Å². The van der Waals surface area contributed by atoms with Crippen LogP contribution < -0.4 is 11.1 Å². The van der Waals surface area contributed by atoms with Crippen LogP contribution in [0.3, 0.4) is 0 Å². The van der Waals surface area contributed by atoms with E-state index in [1.165, 1.54) is 0 Å². The number of carbonyl (C=O) groups excluding carboxylic acids is 2. The summed E-state index contributed by atoms with van der Waals surface area (Å²) in [6.07, 6.45) is 5.98. The minimum atomic E-state index is -0.842. The second-order valence-electron chi connectivity index (χ2n) is 8.32. The number of amides is 2. The van der Waals surface area contributed by atoms with E-state index < -0.39 is 11.1 Å². The number of nitrogens with one attached hydrogen (secondary N) is 1. The fourth-order valence-electron chi connectivity index (χ4n) is 4.63. The summed E-state index contributed by atoms with van der Waals surface area (Å²) in [4.78, 5) is 27.9. The van der Waals surface area contributed by atoms with Gasteiger partial charge in [-0.25, -0.2) is 0 Å². The molecule has 2 heterocycles. The third-order valence-corrected chi connectivity index (χ3v) is 6.05. The normalized spacial score (nSPS) is 30.6. The van der Waals surface area contributed by atoms with Gasteiger partial charge < -0.3 is 26.0 Å². The van der Waals surface area contributed by atoms with E-state index in [1.54, 1.807) is 11.8 Å². The SMILES string of the molecule is CC(=O)NC1CCN(C[C@@]2(O)CCN(C(=O)C3(N)CCCC3)C2)CC1. The molecular weight excluding hydrogens is 320 g/mol. The molecule has 7 nitrogen and oxygen atoms in total. The van der Waals surface area contributed by atoms with Gasteiger partial charge in [0.2, 0.25) is 11.8 Å². The average molecular weight is 352 g/mol. The first-order valence-electron chi connectivity index (χ1n) is 9.60. The highest BCUT2D eigenvalue weighted by atomic mass is 16.3. The predicted molar refractivity (Wildman–Crippen MR) is 94.8 cm³/mol. The quantitative estimate of drug-likeness (QED) is 0.652. The van der Waals surface area contributed by atoms with Crippen LogP contribution in [0.15, 0.2) is 0 Å². The van der Waals surface area contributed by atoms with Crippen LogP contribution in [0.4, 0.5) is 0 Å². The molecule has 3 fully saturated rings. The monoisotopic (exact) mass is 352 g/mol. The molecule has 4 N–H and O–H groups in total. The van der Waals surface area contributed by atoms with Crippen LogP contribution in [0, 0.1) is 0 Å². The summed E-state index contributed by atoms with van der Waals surface area (Å²) in [6, 6.07) is 0.240. The minimum absolute atomic E-state index is 0.0182. The van der Waals surface area contributed by atoms with Crippen molar-refractivity contribution >= 4 is 11.8 Å². The van der Waals surface area contributed by atoms with E-state index >= 15 is 0 Å². The summed E-state index contributed by atoms with van der Waals surface area (Å²) in [5, 5.41) is 13.9. The minimum Gasteiger partial charge on any atom is -0.387 e. The zero-order chi connectivity index (χ0) is 18.1. The Bertz CT molecular complexity index is 512. The number of likely N-dealkylation sites (tertiary alicyclic amines) is 2. The van der Waals surface area contributed by atoms with Gasteiger partial charge in [-0.2, -0.15) is 0 Å². The first kappa shape index (κ1) is 18.6. The van der Waals surface area contributed by atoms with Crippen LogP contribution in [0.1, 0.15) is 51.9 Å². The van der Waals surface area contributed by atoms with Gasteiger partial charge in [-0.3, -0.25) is 9.59 Å². The maximum Gasteiger partial charge on any atom is 0.242 e. The summed E-state index contributed by atoms with van der Waals surface area (Å²) in [5.41, 5.74) is 4.74. The zero-order valence-electron chi connectivity index (χ0n) is 15.3. The van der Waals surface area contributed by atoms with Gasteiger partial charge in [0.25, 0.3) is 0 Å². The Morgan fingerprint density at radius 1 is 1.16 bits per heavy atom. The molecule has 1 saturated carbocycles. The lowest BCUT2D eigenvalue weighted by atomic mass is 9.97. The highest BCUT2D eigenvalue weighted by Gasteiger charge is 2.46. The highest BCUT2D eigenvalue weighted by Crippen LogP contribution is 2.32. The zero-order valence-corrected chi connectivity index (χ0v) is 15.3. The number of aliphatic hydroxyl groups is 1. The van der Waals surface area contributed by atoms with E-state index in [2.05, 4.69) is 10.2 Å². The van der Waals surface area contributed by atoms with Crippen LogP contribution in [-0.4, -0.2) is 76.6 Å². The summed E-state index contributed by atoms with van der Waals surface area (Å²) in [7, 11) is 0. The molecule has 0 radical (unpaired) electrons. The van der Waals surface area contributed by atoms with E-state index in [-0.39, 0.29) is 17.9 Å². The molecule has 3 aliphatic rings. The standard InChI is InChI=1S/C18H32N4O3/c1-14(23)20-15-4-9-21(10-5-15)12-17(25)8-11-22(13-17)16(24)18(19)6-2-3-7-18/h15,25H,2-13,19H2,1H3,(H,20,23)/t17-/m0/s1. The molecule has 1 atom stereocenters. The molecule has 2 saturated heterocycles. The van der Waals surface area contributed by atoms with E-state index in [0.717, 1.165) is 51.6 Å². The Morgan fingerprint density at radius 2 is 1.80 bits per heavy atom. The molecule has 7 heteroatoms. The number of piperidine rings is 1. The number of nitrogens with two attached hydrogens (primary N) is 1. The molecule has 2 aliphatic heterocycles. The second-order valence-corrected chi connectivity index (χ2v) is 8.32. The molecule has 0 bridgehead atoms. The van der Waals surface area contributed by atoms with Crippen molar-refractivity contribution in [2.24, 2.45) is 5.73 Å². The molecular formula is C18H32N4O3. The van der Waals surface area contributed by atoms with Gasteiger partial charge in [-0.1, -0.05) is 12.8 Å². The van der Waals surface area contributed by atoms with Crippen LogP contribution in [0.5, 0.6) is 0 Å². The Labute approximate surface area is 149 Å². The Kier molecular flexibility index (Phi) is 5.37. The van der Waals surface area contributed by atoms with Gasteiger partial charge in [0, 0.05) is 39.1 Å². The van der Waals surface area contributed by atoms with Gasteiger partial charge >= 0.3 is 0 Å². The van der Waals surface area contributed by atoms with Crippen molar-refractivity contribution in [1.82, 2.24) is 15.1 Å². The summed E-state index contributed by atoms with van der Waals surface area (Å²) < 4.78 is 0. The van der Waals surface area contributed by atoms with Crippen LogP contribution in [0.25, 0.3) is 0 Å². The Balaban J connectivity index is 1.49. The largest absolute Gasteiger partial charge is 0.387 e. The summed E-state index contributed by atoms with van der Waals surface area (Å²) in [6.45, 7) is 4.84. The summed E-state index contributed by atoms with van der Waals surface area (Å²) in [5.74, 6) is 0.0370. The molecule has 25 heavy (non-hydrogen) atoms. The first-order valence-corrected chi connectivity index (χ1v) is 9.60. The third kappa shape index (κ3) is 4.33. The van der Waals surface area contributed by atoms with Gasteiger partial charge in [-0.05, 0) is 32.1 Å². The molecule has 0 unspecified atom stereocenters. The smallest absolute Gasteiger partial charge is 0.242 e. The van der Waals surface area contributed by atoms with Crippen molar-refractivity contribution in [1.29, 1.82) is 0 Å². The predicted octanol–water partition coefficient (Wildman–Crippen LogP) is -0.178. The topological polar surface area (TPSA) is 98.9 Å². The lowest BCUT2D eigenvalue weighted by molar-refractivity contribution is -0.137. The molecule has 2 amide bonds. The van der Waals surface area contributed by atoms with Crippen molar-refractivity contribution in [2.75, 3.05) is 32.7 Å². The van der Waals surface area contributed by atoms with Crippen molar-refractivity contribution in [3.63, 3.8) is 0 Å². The fraction of sp³-hybridized carbons (Fsp3) is 0.889. The maximum absolute atomic E-state index is 12.7. The lowest BCUT2D eigenvalue weighted by Crippen LogP contribution is -2.55. The maximum atomic E-state index is 12.7. The lowest BCUT2D eigenvalue weighted by Gasteiger charge is -2.37. The molecule has 0 aromatic heterocycles. The molecule has 0 aromatic carbocycles. The van der Waals surface area contributed by atoms with Crippen molar-refractivity contribution in [2.45, 2.75) is 69.1 Å². The van der Waals surface area contributed by atoms with Gasteiger partial charge in [0.15, 0.2) is 0 Å². The number of rotatable bonds is 4. The summed E-state index contributed by atoms with van der Waals surface area (Å²) >= 11 is 0. The van der Waals surface area contributed by atoms with Crippen molar-refractivity contribution in [3.05, 3.63) is 0 Å². The number of β-amino-alcohol motifs (C(OH)–C–C–N with tert-alkyl or cyclic N) is 1. The first-order chi connectivity index (χ1) is 11.8. The fourth-order valence-corrected chi connectivity index (χ4v) is 4.63. The third-order valence-electron chi connectivity index (χ3n) is 6.05. The molecule has 3 rings (SSSR count). The van der Waals surface area contributed by atoms with Crippen LogP contribution in [-0.2, 0) is 9.59 Å². The number of hydrogen-bond acceptors (Lipinski definition) is 5. The van der Waals surface area contributed by atoms with E-state index in [4.69, 9.17) is 5.73 Å². The number of carbonyl (C=O) groups is 2. The molecule has 0 aromatic rings. The molecule has 142 valence electrons. The van der Waals surface area contributed by atoms with Crippen LogP contribution in [0.2, 0.25) is 0 Å². The Hall–Kier alpha value is -1.18. The highest BCUT2D eigenvalue weighted by molar-refractivity contribution is 5.86. The Morgan fingerprint density at radius 3 is 2.40 bits per heavy atom. The number of nitrogens with zero attached hydrogens (tertiary/aromatic N) is 2. The average Bonchev–Trinajstić information content (AvgIpc) is 3.16. The molecule has 0 spiro atoms. The van der Waals surface area contributed by atoms with E-state index in [1.807, 2.05) is 0 Å².